The van der Waals surface area contributed by atoms with Crippen molar-refractivity contribution in [1.29, 1.82) is 0 Å². The van der Waals surface area contributed by atoms with Gasteiger partial charge in [-0.15, -0.1) is 0 Å². The molecule has 29 heavy (non-hydrogen) atoms. The highest BCUT2D eigenvalue weighted by atomic mass is 16.5. The Morgan fingerprint density at radius 3 is 2.83 bits per heavy atom. The number of hydrogen-bond donors (Lipinski definition) is 2. The summed E-state index contributed by atoms with van der Waals surface area (Å²) in [5.74, 6) is 0.660. The maximum Gasteiger partial charge on any atom is 0.289 e. The molecule has 0 spiro atoms. The molecule has 2 amide bonds. The fourth-order valence-electron chi connectivity index (χ4n) is 3.41. The van der Waals surface area contributed by atoms with Gasteiger partial charge in [-0.05, 0) is 36.2 Å². The first-order chi connectivity index (χ1) is 14.2. The zero-order valence-electron chi connectivity index (χ0n) is 16.1. The van der Waals surface area contributed by atoms with Gasteiger partial charge in [0.15, 0.2) is 11.5 Å². The summed E-state index contributed by atoms with van der Waals surface area (Å²) < 4.78 is 10.4. The molecule has 3 aromatic rings. The lowest BCUT2D eigenvalue weighted by molar-refractivity contribution is 0.0699. The van der Waals surface area contributed by atoms with Crippen molar-refractivity contribution in [2.45, 2.75) is 19.4 Å². The summed E-state index contributed by atoms with van der Waals surface area (Å²) in [7, 11) is 1.63. The predicted molar refractivity (Wildman–Crippen MR) is 105 cm³/mol. The summed E-state index contributed by atoms with van der Waals surface area (Å²) in [6.45, 7) is 1.36. The number of furan rings is 1. The summed E-state index contributed by atoms with van der Waals surface area (Å²) in [4.78, 5) is 26.8. The van der Waals surface area contributed by atoms with Gasteiger partial charge in [-0.1, -0.05) is 12.1 Å². The quantitative estimate of drug-likeness (QED) is 0.667. The molecular weight excluding hydrogens is 372 g/mol. The van der Waals surface area contributed by atoms with Crippen LogP contribution in [0.3, 0.4) is 0 Å². The highest BCUT2D eigenvalue weighted by molar-refractivity contribution is 5.95. The van der Waals surface area contributed by atoms with Gasteiger partial charge in [-0.25, -0.2) is 0 Å². The molecule has 0 saturated carbocycles. The predicted octanol–water partition coefficient (Wildman–Crippen LogP) is 2.18. The summed E-state index contributed by atoms with van der Waals surface area (Å²) in [5.41, 5.74) is 3.10. The number of carbonyl (C=O) groups is 2. The van der Waals surface area contributed by atoms with Gasteiger partial charge in [0.2, 0.25) is 0 Å². The summed E-state index contributed by atoms with van der Waals surface area (Å²) in [6.07, 6.45) is 2.79. The van der Waals surface area contributed by atoms with E-state index >= 15 is 0 Å². The van der Waals surface area contributed by atoms with E-state index in [1.807, 2.05) is 24.3 Å². The summed E-state index contributed by atoms with van der Waals surface area (Å²) in [5, 5.41) is 10.0. The molecule has 1 aliphatic rings. The van der Waals surface area contributed by atoms with E-state index in [0.717, 1.165) is 22.6 Å². The molecule has 4 rings (SSSR count). The van der Waals surface area contributed by atoms with Crippen LogP contribution in [0.2, 0.25) is 0 Å². The maximum absolute atomic E-state index is 12.6. The molecular formula is C21H22N4O4. The van der Waals surface area contributed by atoms with Crippen LogP contribution in [0.1, 0.15) is 37.9 Å². The Morgan fingerprint density at radius 1 is 1.28 bits per heavy atom. The zero-order valence-corrected chi connectivity index (χ0v) is 16.1. The minimum absolute atomic E-state index is 0.187. The molecule has 8 nitrogen and oxygen atoms in total. The van der Waals surface area contributed by atoms with Crippen LogP contribution < -0.4 is 10.1 Å². The first-order valence-corrected chi connectivity index (χ1v) is 9.45. The van der Waals surface area contributed by atoms with E-state index < -0.39 is 0 Å². The number of hydrogen-bond acceptors (Lipinski definition) is 5. The Labute approximate surface area is 167 Å². The van der Waals surface area contributed by atoms with Crippen molar-refractivity contribution in [2.24, 2.45) is 0 Å². The zero-order chi connectivity index (χ0) is 20.2. The van der Waals surface area contributed by atoms with E-state index in [4.69, 9.17) is 9.15 Å². The largest absolute Gasteiger partial charge is 0.497 e. The molecule has 0 bridgehead atoms. The van der Waals surface area contributed by atoms with Gasteiger partial charge in [0.1, 0.15) is 5.75 Å². The molecule has 3 heterocycles. The van der Waals surface area contributed by atoms with E-state index in [2.05, 4.69) is 15.5 Å². The fourth-order valence-corrected chi connectivity index (χ4v) is 3.41. The minimum atomic E-state index is -0.247. The van der Waals surface area contributed by atoms with Gasteiger partial charge in [0.25, 0.3) is 11.8 Å². The Hall–Kier alpha value is -3.55. The summed E-state index contributed by atoms with van der Waals surface area (Å²) >= 11 is 0. The van der Waals surface area contributed by atoms with Gasteiger partial charge in [0.05, 0.1) is 19.9 Å². The van der Waals surface area contributed by atoms with Gasteiger partial charge in [-0.2, -0.15) is 5.10 Å². The first kappa shape index (κ1) is 18.8. The van der Waals surface area contributed by atoms with Gasteiger partial charge in [-0.3, -0.25) is 14.7 Å². The Balaban J connectivity index is 1.38. The Bertz CT molecular complexity index is 992. The highest BCUT2D eigenvalue weighted by Gasteiger charge is 2.29. The van der Waals surface area contributed by atoms with Crippen molar-refractivity contribution in [3.63, 3.8) is 0 Å². The van der Waals surface area contributed by atoms with Crippen molar-refractivity contribution in [3.05, 3.63) is 70.9 Å². The van der Waals surface area contributed by atoms with Crippen LogP contribution in [-0.2, 0) is 19.4 Å². The van der Waals surface area contributed by atoms with Crippen molar-refractivity contribution in [1.82, 2.24) is 20.4 Å². The number of fused-ring (bicyclic) bond motifs is 1. The lowest BCUT2D eigenvalue weighted by atomic mass is 10.0. The van der Waals surface area contributed by atoms with Crippen molar-refractivity contribution >= 4 is 11.8 Å². The molecule has 0 saturated heterocycles. The number of rotatable bonds is 6. The van der Waals surface area contributed by atoms with Crippen LogP contribution in [0.25, 0.3) is 0 Å². The molecule has 2 N–H and O–H groups in total. The third kappa shape index (κ3) is 4.01. The van der Waals surface area contributed by atoms with E-state index in [1.165, 1.54) is 6.26 Å². The van der Waals surface area contributed by atoms with Crippen LogP contribution in [0, 0.1) is 0 Å². The second-order valence-corrected chi connectivity index (χ2v) is 6.84. The van der Waals surface area contributed by atoms with Crippen LogP contribution in [0.15, 0.2) is 47.1 Å². The van der Waals surface area contributed by atoms with Gasteiger partial charge < -0.3 is 19.4 Å². The van der Waals surface area contributed by atoms with Crippen molar-refractivity contribution in [2.75, 3.05) is 20.2 Å². The van der Waals surface area contributed by atoms with Gasteiger partial charge >= 0.3 is 0 Å². The standard InChI is InChI=1S/C21H22N4O4/c1-28-15-6-4-14(5-7-15)8-10-22-20(26)19-16-13-25(11-9-17(16)23-24-19)21(27)18-3-2-12-29-18/h2-7,12H,8-11,13H2,1H3,(H,22,26)(H,23,24). The summed E-state index contributed by atoms with van der Waals surface area (Å²) in [6, 6.07) is 11.1. The monoisotopic (exact) mass is 394 g/mol. The second kappa shape index (κ2) is 8.22. The highest BCUT2D eigenvalue weighted by Crippen LogP contribution is 2.22. The number of amides is 2. The molecule has 0 radical (unpaired) electrons. The molecule has 150 valence electrons. The molecule has 2 aromatic heterocycles. The third-order valence-corrected chi connectivity index (χ3v) is 5.03. The number of H-pyrrole nitrogens is 1. The van der Waals surface area contributed by atoms with E-state index in [-0.39, 0.29) is 11.8 Å². The lowest BCUT2D eigenvalue weighted by Crippen LogP contribution is -2.36. The van der Waals surface area contributed by atoms with E-state index in [1.54, 1.807) is 24.1 Å². The molecule has 1 aliphatic heterocycles. The number of aromatic nitrogens is 2. The Kier molecular flexibility index (Phi) is 5.33. The number of ether oxygens (including phenoxy) is 1. The number of aromatic amines is 1. The van der Waals surface area contributed by atoms with Gasteiger partial charge in [0, 0.05) is 30.8 Å². The third-order valence-electron chi connectivity index (χ3n) is 5.03. The Morgan fingerprint density at radius 2 is 2.10 bits per heavy atom. The average Bonchev–Trinajstić information content (AvgIpc) is 3.43. The van der Waals surface area contributed by atoms with Crippen molar-refractivity contribution in [3.8, 4) is 5.75 Å². The molecule has 8 heteroatoms. The normalized spacial score (nSPS) is 13.1. The topological polar surface area (TPSA) is 100 Å². The van der Waals surface area contributed by atoms with E-state index in [0.29, 0.717) is 43.9 Å². The number of nitrogens with zero attached hydrogens (tertiary/aromatic N) is 2. The van der Waals surface area contributed by atoms with Crippen LogP contribution in [0.5, 0.6) is 5.75 Å². The minimum Gasteiger partial charge on any atom is -0.497 e. The maximum atomic E-state index is 12.6. The number of nitrogens with one attached hydrogen (secondary N) is 2. The lowest BCUT2D eigenvalue weighted by Gasteiger charge is -2.26. The van der Waals surface area contributed by atoms with Crippen LogP contribution in [0.4, 0.5) is 0 Å². The molecule has 0 atom stereocenters. The SMILES string of the molecule is COc1ccc(CCNC(=O)c2n[nH]c3c2CN(C(=O)c2ccco2)CC3)cc1. The number of carbonyl (C=O) groups excluding carboxylic acids is 2. The molecule has 0 aliphatic carbocycles. The smallest absolute Gasteiger partial charge is 0.289 e. The first-order valence-electron chi connectivity index (χ1n) is 9.45. The number of benzene rings is 1. The number of methoxy groups -OCH3 is 1. The molecule has 0 unspecified atom stereocenters. The molecule has 1 aromatic carbocycles. The van der Waals surface area contributed by atoms with Crippen LogP contribution in [-0.4, -0.2) is 47.1 Å². The van der Waals surface area contributed by atoms with Crippen LogP contribution >= 0.6 is 0 Å². The van der Waals surface area contributed by atoms with Crippen molar-refractivity contribution < 1.29 is 18.7 Å². The fraction of sp³-hybridized carbons (Fsp3) is 0.286. The second-order valence-electron chi connectivity index (χ2n) is 6.84. The van der Waals surface area contributed by atoms with E-state index in [9.17, 15) is 9.59 Å². The molecule has 0 fully saturated rings. The average molecular weight is 394 g/mol.